The van der Waals surface area contributed by atoms with Crippen LogP contribution in [-0.4, -0.2) is 83.0 Å². The number of rotatable bonds is 11. The number of halogens is 2. The number of carbonyl (C=O) groups excluding carboxylic acids is 2. The van der Waals surface area contributed by atoms with Gasteiger partial charge < -0.3 is 19.9 Å². The number of nitrogens with zero attached hydrogens (tertiary/aromatic N) is 2. The molecule has 9 nitrogen and oxygen atoms in total. The molecule has 234 valence electrons. The largest absolute Gasteiger partial charge is 0.492 e. The molecule has 0 unspecified atom stereocenters. The highest BCUT2D eigenvalue weighted by Crippen LogP contribution is 2.37. The van der Waals surface area contributed by atoms with E-state index in [1.165, 1.54) is 29.2 Å². The quantitative estimate of drug-likeness (QED) is 0.178. The zero-order valence-corrected chi connectivity index (χ0v) is 27.1. The molecule has 0 saturated carbocycles. The van der Waals surface area contributed by atoms with Crippen LogP contribution in [0.25, 0.3) is 17.2 Å². The van der Waals surface area contributed by atoms with Gasteiger partial charge >= 0.3 is 5.97 Å². The van der Waals surface area contributed by atoms with Gasteiger partial charge in [-0.15, -0.1) is 0 Å². The Balaban J connectivity index is 1.30. The Bertz CT molecular complexity index is 1640. The number of hydrogen-bond donors (Lipinski definition) is 2. The first-order valence-corrected chi connectivity index (χ1v) is 16.1. The maximum absolute atomic E-state index is 13.4. The van der Waals surface area contributed by atoms with Gasteiger partial charge in [-0.3, -0.25) is 19.4 Å². The average Bonchev–Trinajstić information content (AvgIpc) is 3.28. The molecular weight excluding hydrogens is 657 g/mol. The van der Waals surface area contributed by atoms with Gasteiger partial charge in [0, 0.05) is 59.5 Å². The molecule has 3 aromatic carbocycles. The van der Waals surface area contributed by atoms with Crippen molar-refractivity contribution in [3.8, 4) is 16.9 Å². The molecule has 0 atom stereocenters. The fourth-order valence-electron chi connectivity index (χ4n) is 4.76. The lowest BCUT2D eigenvalue weighted by molar-refractivity contribution is -0.122. The fraction of sp³-hybridized carbons (Fsp3) is 0.250. The summed E-state index contributed by atoms with van der Waals surface area (Å²) in [5.74, 6) is -1.09. The van der Waals surface area contributed by atoms with Gasteiger partial charge in [-0.2, -0.15) is 0 Å². The summed E-state index contributed by atoms with van der Waals surface area (Å²) in [6.07, 6.45) is 1.75. The van der Waals surface area contributed by atoms with Gasteiger partial charge in [0.15, 0.2) is 0 Å². The lowest BCUT2D eigenvalue weighted by Gasteiger charge is -2.26. The van der Waals surface area contributed by atoms with Gasteiger partial charge in [0.05, 0.1) is 23.7 Å². The summed E-state index contributed by atoms with van der Waals surface area (Å²) in [6, 6.07) is 16.8. The van der Waals surface area contributed by atoms with E-state index in [0.29, 0.717) is 56.1 Å². The molecule has 2 amide bonds. The Morgan fingerprint density at radius 1 is 1.04 bits per heavy atom. The predicted octanol–water partition coefficient (Wildman–Crippen LogP) is 6.30. The fourth-order valence-corrected chi connectivity index (χ4v) is 6.58. The lowest BCUT2D eigenvalue weighted by atomic mass is 10.0. The Morgan fingerprint density at radius 2 is 1.80 bits per heavy atom. The third-order valence-corrected chi connectivity index (χ3v) is 9.08. The van der Waals surface area contributed by atoms with E-state index in [4.69, 9.17) is 50.0 Å². The highest BCUT2D eigenvalue weighted by Gasteiger charge is 2.32. The molecule has 5 rings (SSSR count). The Morgan fingerprint density at radius 3 is 2.51 bits per heavy atom. The number of thiocarbonyl (C=S) groups is 1. The normalized spacial score (nSPS) is 16.3. The van der Waals surface area contributed by atoms with Crippen LogP contribution < -0.4 is 10.1 Å². The number of anilines is 1. The molecule has 2 aliphatic rings. The molecule has 0 aromatic heterocycles. The number of carboxylic acid groups (broad SMARTS) is 1. The number of hydrogen-bond acceptors (Lipinski definition) is 8. The minimum Gasteiger partial charge on any atom is -0.492 e. The topological polar surface area (TPSA) is 108 Å². The predicted molar refractivity (Wildman–Crippen MR) is 181 cm³/mol. The molecule has 2 aliphatic heterocycles. The van der Waals surface area contributed by atoms with Crippen molar-refractivity contribution < 1.29 is 29.0 Å². The van der Waals surface area contributed by atoms with Crippen LogP contribution in [0.3, 0.4) is 0 Å². The number of carboxylic acids is 1. The highest BCUT2D eigenvalue weighted by atomic mass is 35.5. The van der Waals surface area contributed by atoms with Gasteiger partial charge in [-0.05, 0) is 60.2 Å². The number of carbonyl (C=O) groups is 3. The van der Waals surface area contributed by atoms with Crippen LogP contribution in [0.4, 0.5) is 5.69 Å². The maximum atomic E-state index is 13.4. The highest BCUT2D eigenvalue weighted by molar-refractivity contribution is 8.26. The van der Waals surface area contributed by atoms with E-state index in [9.17, 15) is 14.4 Å². The van der Waals surface area contributed by atoms with Crippen molar-refractivity contribution in [3.05, 3.63) is 86.7 Å². The minimum atomic E-state index is -1.05. The zero-order valence-electron chi connectivity index (χ0n) is 24.0. The van der Waals surface area contributed by atoms with E-state index in [1.54, 1.807) is 18.2 Å². The zero-order chi connectivity index (χ0) is 31.9. The molecule has 45 heavy (non-hydrogen) atoms. The van der Waals surface area contributed by atoms with E-state index in [0.717, 1.165) is 42.5 Å². The molecule has 2 heterocycles. The van der Waals surface area contributed by atoms with Crippen molar-refractivity contribution in [1.29, 1.82) is 0 Å². The number of ether oxygens (including phenoxy) is 2. The molecule has 2 saturated heterocycles. The van der Waals surface area contributed by atoms with Crippen molar-refractivity contribution in [2.45, 2.75) is 6.42 Å². The van der Waals surface area contributed by atoms with Gasteiger partial charge in [-0.1, -0.05) is 59.3 Å². The molecule has 13 heteroatoms. The lowest BCUT2D eigenvalue weighted by Crippen LogP contribution is -2.38. The minimum absolute atomic E-state index is 0.000847. The molecular formula is C32H29Cl2N3O6S2. The SMILES string of the molecule is O=C(CCN1C(=O)C(=Cc2cc(-c3ccc(Cl)cc3Cl)ccc2OCCN2CCOCC2)SC1=S)Nc1ccc(C(=O)O)cc1. The summed E-state index contributed by atoms with van der Waals surface area (Å²) >= 11 is 19.3. The van der Waals surface area contributed by atoms with Crippen LogP contribution in [0.2, 0.25) is 10.0 Å². The van der Waals surface area contributed by atoms with Crippen LogP contribution >= 0.6 is 47.2 Å². The van der Waals surface area contributed by atoms with Crippen LogP contribution in [0, 0.1) is 0 Å². The van der Waals surface area contributed by atoms with Crippen LogP contribution in [0.1, 0.15) is 22.3 Å². The summed E-state index contributed by atoms with van der Waals surface area (Å²) in [4.78, 5) is 41.1. The van der Waals surface area contributed by atoms with E-state index < -0.39 is 5.97 Å². The second-order valence-corrected chi connectivity index (χ2v) is 12.7. The molecule has 3 aromatic rings. The summed E-state index contributed by atoms with van der Waals surface area (Å²) < 4.78 is 12.0. The molecule has 0 radical (unpaired) electrons. The van der Waals surface area contributed by atoms with Gasteiger partial charge in [0.25, 0.3) is 5.91 Å². The standard InChI is InChI=1S/C32H29Cl2N3O6S2/c33-23-4-7-25(26(34)19-23)21-3-8-27(43-16-13-36-11-14-42-15-12-36)22(17-21)18-28-30(39)37(32(44)45-28)10-9-29(38)35-24-5-1-20(2-6-24)31(40)41/h1-8,17-19H,9-16H2,(H,35,38)(H,40,41). The number of amides is 2. The Kier molecular flexibility index (Phi) is 11.1. The van der Waals surface area contributed by atoms with Crippen molar-refractivity contribution in [1.82, 2.24) is 9.80 Å². The van der Waals surface area contributed by atoms with E-state index in [1.807, 2.05) is 24.3 Å². The van der Waals surface area contributed by atoms with Crippen LogP contribution in [-0.2, 0) is 14.3 Å². The molecule has 0 spiro atoms. The number of morpholine rings is 1. The van der Waals surface area contributed by atoms with Crippen molar-refractivity contribution in [2.24, 2.45) is 0 Å². The third kappa shape index (κ3) is 8.63. The Labute approximate surface area is 280 Å². The van der Waals surface area contributed by atoms with Gasteiger partial charge in [0.1, 0.15) is 16.7 Å². The summed E-state index contributed by atoms with van der Waals surface area (Å²) in [5, 5.41) is 12.8. The first kappa shape index (κ1) is 32.9. The summed E-state index contributed by atoms with van der Waals surface area (Å²) in [7, 11) is 0. The van der Waals surface area contributed by atoms with Crippen LogP contribution in [0.15, 0.2) is 65.6 Å². The first-order valence-electron chi connectivity index (χ1n) is 14.1. The Hall–Kier alpha value is -3.45. The van der Waals surface area contributed by atoms with Crippen molar-refractivity contribution in [3.63, 3.8) is 0 Å². The molecule has 0 aliphatic carbocycles. The number of nitrogens with one attached hydrogen (secondary N) is 1. The van der Waals surface area contributed by atoms with Crippen LogP contribution in [0.5, 0.6) is 5.75 Å². The molecule has 2 fully saturated rings. The van der Waals surface area contributed by atoms with Gasteiger partial charge in [0.2, 0.25) is 5.91 Å². The molecule has 0 bridgehead atoms. The van der Waals surface area contributed by atoms with E-state index >= 15 is 0 Å². The second kappa shape index (κ2) is 15.2. The van der Waals surface area contributed by atoms with Gasteiger partial charge in [-0.25, -0.2) is 4.79 Å². The maximum Gasteiger partial charge on any atom is 0.335 e. The summed E-state index contributed by atoms with van der Waals surface area (Å²) in [5.41, 5.74) is 2.86. The smallest absolute Gasteiger partial charge is 0.335 e. The number of benzene rings is 3. The van der Waals surface area contributed by atoms with E-state index in [-0.39, 0.29) is 30.3 Å². The number of aromatic carboxylic acids is 1. The van der Waals surface area contributed by atoms with Crippen molar-refractivity contribution in [2.75, 3.05) is 51.3 Å². The number of thioether (sulfide) groups is 1. The summed E-state index contributed by atoms with van der Waals surface area (Å²) in [6.45, 7) is 4.38. The monoisotopic (exact) mass is 685 g/mol. The molecule has 2 N–H and O–H groups in total. The van der Waals surface area contributed by atoms with Crippen molar-refractivity contribution >= 4 is 81.0 Å². The first-order chi connectivity index (χ1) is 21.7. The van der Waals surface area contributed by atoms with E-state index in [2.05, 4.69) is 10.2 Å². The third-order valence-electron chi connectivity index (χ3n) is 7.16. The average molecular weight is 687 g/mol. The second-order valence-electron chi connectivity index (χ2n) is 10.2.